The molecule has 5 heteroatoms. The molecule has 0 saturated carbocycles. The maximum atomic E-state index is 12.4. The van der Waals surface area contributed by atoms with Crippen LogP contribution in [0.2, 0.25) is 0 Å². The second kappa shape index (κ2) is 4.96. The van der Waals surface area contributed by atoms with Crippen molar-refractivity contribution in [3.8, 4) is 0 Å². The van der Waals surface area contributed by atoms with Crippen molar-refractivity contribution < 1.29 is 14.0 Å². The van der Waals surface area contributed by atoms with Gasteiger partial charge in [-0.2, -0.15) is 0 Å². The molecule has 1 spiro atoms. The predicted octanol–water partition coefficient (Wildman–Crippen LogP) is 1.72. The summed E-state index contributed by atoms with van der Waals surface area (Å²) in [5.74, 6) is 0.898. The lowest BCUT2D eigenvalue weighted by atomic mass is 9.73. The first-order chi connectivity index (χ1) is 9.60. The number of likely N-dealkylation sites (tertiary alicyclic amines) is 1. The van der Waals surface area contributed by atoms with Crippen LogP contribution >= 0.6 is 0 Å². The monoisotopic (exact) mass is 276 g/mol. The number of hydrogen-bond donors (Lipinski definition) is 1. The van der Waals surface area contributed by atoms with E-state index in [-0.39, 0.29) is 17.2 Å². The van der Waals surface area contributed by atoms with Crippen LogP contribution in [0.5, 0.6) is 0 Å². The molecular formula is C15H20N2O3. The second-order valence-electron chi connectivity index (χ2n) is 5.96. The maximum absolute atomic E-state index is 12.4. The van der Waals surface area contributed by atoms with Gasteiger partial charge in [0.15, 0.2) is 0 Å². The fourth-order valence-electron chi connectivity index (χ4n) is 3.23. The van der Waals surface area contributed by atoms with Crippen LogP contribution in [0.1, 0.15) is 41.8 Å². The van der Waals surface area contributed by atoms with Crippen LogP contribution in [0.25, 0.3) is 0 Å². The van der Waals surface area contributed by atoms with Gasteiger partial charge in [-0.05, 0) is 37.7 Å². The number of nitrogens with one attached hydrogen (secondary N) is 1. The van der Waals surface area contributed by atoms with Gasteiger partial charge < -0.3 is 14.6 Å². The highest BCUT2D eigenvalue weighted by Gasteiger charge is 2.38. The molecule has 108 valence electrons. The molecule has 0 bridgehead atoms. The van der Waals surface area contributed by atoms with Gasteiger partial charge in [-0.1, -0.05) is 0 Å². The van der Waals surface area contributed by atoms with E-state index in [4.69, 9.17) is 4.42 Å². The van der Waals surface area contributed by atoms with Crippen LogP contribution in [0.15, 0.2) is 16.7 Å². The molecule has 3 rings (SSSR count). The summed E-state index contributed by atoms with van der Waals surface area (Å²) in [6, 6.07) is 1.74. The highest BCUT2D eigenvalue weighted by molar-refractivity contribution is 5.95. The number of piperidine rings is 2. The molecule has 3 heterocycles. The summed E-state index contributed by atoms with van der Waals surface area (Å²) < 4.78 is 5.20. The third-order valence-corrected chi connectivity index (χ3v) is 4.74. The van der Waals surface area contributed by atoms with Crippen molar-refractivity contribution in [2.75, 3.05) is 19.6 Å². The van der Waals surface area contributed by atoms with Crippen LogP contribution < -0.4 is 5.32 Å². The molecule has 1 aromatic heterocycles. The molecule has 1 aromatic rings. The van der Waals surface area contributed by atoms with E-state index in [2.05, 4.69) is 5.32 Å². The number of carbonyl (C=O) groups excluding carboxylic acids is 2. The molecule has 0 unspecified atom stereocenters. The van der Waals surface area contributed by atoms with E-state index in [0.29, 0.717) is 17.7 Å². The fraction of sp³-hybridized carbons (Fsp3) is 0.600. The van der Waals surface area contributed by atoms with Crippen molar-refractivity contribution >= 4 is 11.8 Å². The summed E-state index contributed by atoms with van der Waals surface area (Å²) in [5.41, 5.74) is 0.869. The van der Waals surface area contributed by atoms with E-state index < -0.39 is 0 Å². The van der Waals surface area contributed by atoms with Crippen LogP contribution in [0, 0.1) is 12.3 Å². The van der Waals surface area contributed by atoms with E-state index in [1.54, 1.807) is 12.3 Å². The number of hydrogen-bond acceptors (Lipinski definition) is 3. The summed E-state index contributed by atoms with van der Waals surface area (Å²) in [7, 11) is 0. The highest BCUT2D eigenvalue weighted by atomic mass is 16.3. The minimum absolute atomic E-state index is 0.0611. The Morgan fingerprint density at radius 2 is 2.10 bits per heavy atom. The van der Waals surface area contributed by atoms with Gasteiger partial charge in [-0.15, -0.1) is 0 Å². The Kier molecular flexibility index (Phi) is 3.28. The topological polar surface area (TPSA) is 62.6 Å². The summed E-state index contributed by atoms with van der Waals surface area (Å²) in [6.07, 6.45) is 5.07. The van der Waals surface area contributed by atoms with Gasteiger partial charge in [0.2, 0.25) is 5.91 Å². The first-order valence-corrected chi connectivity index (χ1v) is 7.20. The zero-order chi connectivity index (χ0) is 14.2. The standard InChI is InChI=1S/C15H20N2O3/c1-11-12(3-9-20-11)14(19)17-7-5-15(6-8-17)4-2-13(18)16-10-15/h3,9H,2,4-8,10H2,1H3,(H,16,18). The lowest BCUT2D eigenvalue weighted by Gasteiger charge is -2.44. The predicted molar refractivity (Wildman–Crippen MR) is 73.3 cm³/mol. The number of carbonyl (C=O) groups is 2. The molecule has 2 aliphatic heterocycles. The molecule has 0 aliphatic carbocycles. The van der Waals surface area contributed by atoms with Crippen LogP contribution in [-0.4, -0.2) is 36.3 Å². The average Bonchev–Trinajstić information content (AvgIpc) is 2.89. The number of furan rings is 1. The minimum atomic E-state index is 0.0611. The molecule has 2 amide bonds. The third-order valence-electron chi connectivity index (χ3n) is 4.74. The lowest BCUT2D eigenvalue weighted by molar-refractivity contribution is -0.125. The van der Waals surface area contributed by atoms with Crippen molar-refractivity contribution in [2.45, 2.75) is 32.6 Å². The Balaban J connectivity index is 1.63. The van der Waals surface area contributed by atoms with Gasteiger partial charge in [-0.3, -0.25) is 9.59 Å². The maximum Gasteiger partial charge on any atom is 0.257 e. The van der Waals surface area contributed by atoms with E-state index >= 15 is 0 Å². The summed E-state index contributed by atoms with van der Waals surface area (Å²) in [5, 5.41) is 2.97. The van der Waals surface area contributed by atoms with Gasteiger partial charge in [0.1, 0.15) is 5.76 Å². The van der Waals surface area contributed by atoms with Crippen LogP contribution in [0.3, 0.4) is 0 Å². The number of aryl methyl sites for hydroxylation is 1. The molecule has 20 heavy (non-hydrogen) atoms. The Bertz CT molecular complexity index is 515. The quantitative estimate of drug-likeness (QED) is 0.849. The van der Waals surface area contributed by atoms with Gasteiger partial charge in [0.05, 0.1) is 11.8 Å². The highest BCUT2D eigenvalue weighted by Crippen LogP contribution is 2.37. The molecule has 2 fully saturated rings. The average molecular weight is 276 g/mol. The smallest absolute Gasteiger partial charge is 0.257 e. The molecule has 0 aromatic carbocycles. The summed E-state index contributed by atoms with van der Waals surface area (Å²) in [6.45, 7) is 4.10. The van der Waals surface area contributed by atoms with E-state index in [0.717, 1.165) is 38.9 Å². The SMILES string of the molecule is Cc1occc1C(=O)N1CCC2(CCC(=O)NC2)CC1. The van der Waals surface area contributed by atoms with Crippen molar-refractivity contribution in [2.24, 2.45) is 5.41 Å². The summed E-state index contributed by atoms with van der Waals surface area (Å²) in [4.78, 5) is 25.6. The van der Waals surface area contributed by atoms with Crippen LogP contribution in [-0.2, 0) is 4.79 Å². The Labute approximate surface area is 118 Å². The Hall–Kier alpha value is -1.78. The van der Waals surface area contributed by atoms with Gasteiger partial charge in [0, 0.05) is 26.1 Å². The van der Waals surface area contributed by atoms with Crippen molar-refractivity contribution in [3.05, 3.63) is 23.7 Å². The first-order valence-electron chi connectivity index (χ1n) is 7.20. The van der Waals surface area contributed by atoms with E-state index in [1.807, 2.05) is 11.8 Å². The minimum Gasteiger partial charge on any atom is -0.469 e. The molecule has 0 atom stereocenters. The lowest BCUT2D eigenvalue weighted by Crippen LogP contribution is -2.50. The molecule has 1 N–H and O–H groups in total. The van der Waals surface area contributed by atoms with E-state index in [1.165, 1.54) is 0 Å². The molecule has 2 saturated heterocycles. The van der Waals surface area contributed by atoms with Crippen molar-refractivity contribution in [1.29, 1.82) is 0 Å². The zero-order valence-corrected chi connectivity index (χ0v) is 11.8. The Morgan fingerprint density at radius 3 is 2.65 bits per heavy atom. The van der Waals surface area contributed by atoms with Crippen molar-refractivity contribution in [3.63, 3.8) is 0 Å². The molecule has 0 radical (unpaired) electrons. The largest absolute Gasteiger partial charge is 0.469 e. The molecule has 5 nitrogen and oxygen atoms in total. The molecule has 2 aliphatic rings. The zero-order valence-electron chi connectivity index (χ0n) is 11.8. The number of nitrogens with zero attached hydrogens (tertiary/aromatic N) is 1. The fourth-order valence-corrected chi connectivity index (χ4v) is 3.23. The van der Waals surface area contributed by atoms with Gasteiger partial charge >= 0.3 is 0 Å². The third kappa shape index (κ3) is 2.32. The number of amides is 2. The normalized spacial score (nSPS) is 21.9. The summed E-state index contributed by atoms with van der Waals surface area (Å²) >= 11 is 0. The van der Waals surface area contributed by atoms with Crippen LogP contribution in [0.4, 0.5) is 0 Å². The second-order valence-corrected chi connectivity index (χ2v) is 5.96. The van der Waals surface area contributed by atoms with Gasteiger partial charge in [0.25, 0.3) is 5.91 Å². The first kappa shape index (κ1) is 13.2. The van der Waals surface area contributed by atoms with E-state index in [9.17, 15) is 9.59 Å². The molecular weight excluding hydrogens is 256 g/mol. The number of rotatable bonds is 1. The van der Waals surface area contributed by atoms with Crippen molar-refractivity contribution in [1.82, 2.24) is 10.2 Å². The van der Waals surface area contributed by atoms with Gasteiger partial charge in [-0.25, -0.2) is 0 Å². The Morgan fingerprint density at radius 1 is 1.35 bits per heavy atom.